The molecule has 6 atom stereocenters. The molecule has 238 valence electrons. The van der Waals surface area contributed by atoms with Gasteiger partial charge in [-0.1, -0.05) is 41.5 Å². The van der Waals surface area contributed by atoms with E-state index in [2.05, 4.69) is 79.0 Å². The summed E-state index contributed by atoms with van der Waals surface area (Å²) < 4.78 is 5.97. The van der Waals surface area contributed by atoms with E-state index in [1.807, 2.05) is 0 Å². The lowest BCUT2D eigenvalue weighted by atomic mass is 9.69. The van der Waals surface area contributed by atoms with E-state index >= 15 is 0 Å². The number of carboxylic acids is 1. The van der Waals surface area contributed by atoms with Gasteiger partial charge in [-0.05, 0) is 121 Å². The van der Waals surface area contributed by atoms with Crippen molar-refractivity contribution >= 4 is 11.9 Å². The highest BCUT2D eigenvalue weighted by atomic mass is 16.5. The van der Waals surface area contributed by atoms with Gasteiger partial charge in [-0.25, -0.2) is 9.59 Å². The monoisotopic (exact) mass is 584 g/mol. The maximum absolute atomic E-state index is 13.6. The highest BCUT2D eigenvalue weighted by Gasteiger charge is 2.49. The lowest BCUT2D eigenvalue weighted by Gasteiger charge is -2.58. The number of carboxylic acid groups (broad SMARTS) is 1. The predicted octanol–water partition coefficient (Wildman–Crippen LogP) is 8.22. The molecule has 1 aromatic rings. The Bertz CT molecular complexity index is 1110. The van der Waals surface area contributed by atoms with Gasteiger partial charge in [-0.3, -0.25) is 9.80 Å². The summed E-state index contributed by atoms with van der Waals surface area (Å²) in [7, 11) is 0. The van der Waals surface area contributed by atoms with E-state index in [0.717, 1.165) is 50.6 Å². The molecule has 0 amide bonds. The van der Waals surface area contributed by atoms with Crippen molar-refractivity contribution in [3.63, 3.8) is 0 Å². The van der Waals surface area contributed by atoms with Gasteiger partial charge in [0.1, 0.15) is 6.61 Å². The van der Waals surface area contributed by atoms with Crippen molar-refractivity contribution in [1.29, 1.82) is 0 Å². The Morgan fingerprint density at radius 2 is 1.33 bits per heavy atom. The summed E-state index contributed by atoms with van der Waals surface area (Å²) in [6.07, 6.45) is 9.56. The van der Waals surface area contributed by atoms with Gasteiger partial charge >= 0.3 is 11.9 Å². The van der Waals surface area contributed by atoms with Crippen molar-refractivity contribution in [2.24, 2.45) is 11.8 Å². The molecule has 6 unspecified atom stereocenters. The molecule has 0 spiro atoms. The Kier molecular flexibility index (Phi) is 11.0. The quantitative estimate of drug-likeness (QED) is 0.250. The van der Waals surface area contributed by atoms with Crippen LogP contribution < -0.4 is 0 Å². The van der Waals surface area contributed by atoms with Gasteiger partial charge < -0.3 is 9.84 Å². The summed E-state index contributed by atoms with van der Waals surface area (Å²) in [6.45, 7) is 25.0. The van der Waals surface area contributed by atoms with Gasteiger partial charge in [0, 0.05) is 35.2 Å². The average molecular weight is 585 g/mol. The van der Waals surface area contributed by atoms with E-state index < -0.39 is 5.97 Å². The number of likely N-dealkylation sites (tertiary alicyclic amines) is 2. The number of nitrogens with zero attached hydrogens (tertiary/aromatic N) is 2. The van der Waals surface area contributed by atoms with Crippen LogP contribution >= 0.6 is 0 Å². The number of aromatic carboxylic acids is 1. The number of benzene rings is 1. The summed E-state index contributed by atoms with van der Waals surface area (Å²) >= 11 is 0. The van der Waals surface area contributed by atoms with Crippen molar-refractivity contribution in [2.45, 2.75) is 149 Å². The first-order valence-corrected chi connectivity index (χ1v) is 16.7. The second kappa shape index (κ2) is 13.4. The van der Waals surface area contributed by atoms with E-state index in [-0.39, 0.29) is 33.7 Å². The van der Waals surface area contributed by atoms with Crippen LogP contribution in [0.15, 0.2) is 18.2 Å². The smallest absolute Gasteiger partial charge is 0.338 e. The van der Waals surface area contributed by atoms with Crippen LogP contribution in [0.25, 0.3) is 0 Å². The van der Waals surface area contributed by atoms with E-state index in [4.69, 9.17) is 4.74 Å². The zero-order valence-corrected chi connectivity index (χ0v) is 28.4. The van der Waals surface area contributed by atoms with Gasteiger partial charge in [-0.15, -0.1) is 0 Å². The summed E-state index contributed by atoms with van der Waals surface area (Å²) in [6, 6.07) is 4.88. The number of piperidine rings is 2. The van der Waals surface area contributed by atoms with Gasteiger partial charge in [0.2, 0.25) is 0 Å². The van der Waals surface area contributed by atoms with Gasteiger partial charge in [0.15, 0.2) is 0 Å². The second-order valence-electron chi connectivity index (χ2n) is 14.4. The highest BCUT2D eigenvalue weighted by Crippen LogP contribution is 2.46. The average Bonchev–Trinajstić information content (AvgIpc) is 2.98. The zero-order chi connectivity index (χ0) is 31.5. The van der Waals surface area contributed by atoms with Crippen LogP contribution in [-0.2, 0) is 11.2 Å². The van der Waals surface area contributed by atoms with Crippen molar-refractivity contribution in [2.75, 3.05) is 19.7 Å². The first-order chi connectivity index (χ1) is 19.7. The van der Waals surface area contributed by atoms with Crippen molar-refractivity contribution in [1.82, 2.24) is 9.80 Å². The molecule has 2 aliphatic rings. The minimum Gasteiger partial charge on any atom is -0.478 e. The molecule has 3 rings (SSSR count). The Balaban J connectivity index is 1.83. The van der Waals surface area contributed by atoms with Crippen LogP contribution in [0.2, 0.25) is 0 Å². The normalized spacial score (nSPS) is 34.3. The first kappa shape index (κ1) is 34.6. The molecule has 1 aromatic carbocycles. The standard InChI is InChI=1S/C36H60N2O4/c1-11-33(7)20-17-26(5)35(9,13-3)37(33)22-19-28-25-29(31(39)40)15-16-30(28)32(41)42-24-23-38-34(8,12-2)21-18-27(6)36(38,10)14-4/h15-16,25-27H,11-14,17-24H2,1-10H3,(H,39,40). The predicted molar refractivity (Wildman–Crippen MR) is 172 cm³/mol. The SMILES string of the molecule is CCC1(C)CCC(C)C(C)(CC)N1CCOC(=O)c1ccc(C(=O)O)cc1CCN1C(C)(CC)CCC(C)C1(C)CC. The minimum absolute atomic E-state index is 0.0531. The molecule has 0 aliphatic carbocycles. The molecule has 0 saturated carbocycles. The summed E-state index contributed by atoms with van der Waals surface area (Å²) in [5, 5.41) is 9.75. The fourth-order valence-corrected chi connectivity index (χ4v) is 8.25. The van der Waals surface area contributed by atoms with E-state index in [0.29, 0.717) is 37.0 Å². The second-order valence-corrected chi connectivity index (χ2v) is 14.4. The maximum atomic E-state index is 13.6. The Hall–Kier alpha value is -1.92. The third-order valence-electron chi connectivity index (χ3n) is 12.6. The van der Waals surface area contributed by atoms with Crippen molar-refractivity contribution in [3.8, 4) is 0 Å². The molecule has 2 fully saturated rings. The van der Waals surface area contributed by atoms with Gasteiger partial charge in [-0.2, -0.15) is 0 Å². The molecule has 0 radical (unpaired) electrons. The highest BCUT2D eigenvalue weighted by molar-refractivity contribution is 5.94. The topological polar surface area (TPSA) is 70.1 Å². The molecule has 2 heterocycles. The maximum Gasteiger partial charge on any atom is 0.338 e. The molecule has 2 saturated heterocycles. The Morgan fingerprint density at radius 3 is 1.79 bits per heavy atom. The summed E-state index contributed by atoms with van der Waals surface area (Å²) in [5.41, 5.74) is 1.74. The summed E-state index contributed by atoms with van der Waals surface area (Å²) in [5.74, 6) is -0.187. The molecule has 0 bridgehead atoms. The largest absolute Gasteiger partial charge is 0.478 e. The lowest BCUT2D eigenvalue weighted by molar-refractivity contribution is -0.0898. The number of rotatable bonds is 12. The number of esters is 1. The van der Waals surface area contributed by atoms with Crippen LogP contribution in [0.4, 0.5) is 0 Å². The van der Waals surface area contributed by atoms with Gasteiger partial charge in [0.05, 0.1) is 11.1 Å². The van der Waals surface area contributed by atoms with Crippen LogP contribution in [0.1, 0.15) is 147 Å². The number of hydrogen-bond donors (Lipinski definition) is 1. The van der Waals surface area contributed by atoms with E-state index in [9.17, 15) is 14.7 Å². The molecule has 1 N–H and O–H groups in total. The third-order valence-corrected chi connectivity index (χ3v) is 12.6. The van der Waals surface area contributed by atoms with Crippen LogP contribution in [0, 0.1) is 11.8 Å². The fourth-order valence-electron chi connectivity index (χ4n) is 8.25. The number of hydrogen-bond acceptors (Lipinski definition) is 5. The minimum atomic E-state index is -0.975. The Labute approximate surface area is 256 Å². The van der Waals surface area contributed by atoms with Crippen LogP contribution in [0.3, 0.4) is 0 Å². The molecule has 0 aromatic heterocycles. The number of carbonyl (C=O) groups is 2. The molecule has 42 heavy (non-hydrogen) atoms. The lowest BCUT2D eigenvalue weighted by Crippen LogP contribution is -2.64. The molecular formula is C36H60N2O4. The fraction of sp³-hybridized carbons (Fsp3) is 0.778. The molecule has 2 aliphatic heterocycles. The van der Waals surface area contributed by atoms with E-state index in [1.54, 1.807) is 12.1 Å². The number of ether oxygens (including phenoxy) is 1. The number of carbonyl (C=O) groups excluding carboxylic acids is 1. The van der Waals surface area contributed by atoms with Crippen molar-refractivity contribution in [3.05, 3.63) is 34.9 Å². The van der Waals surface area contributed by atoms with Crippen molar-refractivity contribution < 1.29 is 19.4 Å². The third kappa shape index (κ3) is 6.45. The zero-order valence-electron chi connectivity index (χ0n) is 28.4. The van der Waals surface area contributed by atoms with Crippen LogP contribution in [0.5, 0.6) is 0 Å². The van der Waals surface area contributed by atoms with Crippen LogP contribution in [-0.4, -0.2) is 68.7 Å². The molecule has 6 nitrogen and oxygen atoms in total. The first-order valence-electron chi connectivity index (χ1n) is 16.7. The van der Waals surface area contributed by atoms with Gasteiger partial charge in [0.25, 0.3) is 0 Å². The molecular weight excluding hydrogens is 524 g/mol. The van der Waals surface area contributed by atoms with E-state index in [1.165, 1.54) is 18.9 Å². The molecule has 6 heteroatoms. The Morgan fingerprint density at radius 1 is 0.833 bits per heavy atom. The summed E-state index contributed by atoms with van der Waals surface area (Å²) in [4.78, 5) is 30.7.